The van der Waals surface area contributed by atoms with Crippen molar-refractivity contribution < 1.29 is 4.92 Å². The number of rotatable bonds is 1. The number of aromatic nitrogens is 2. The second-order valence-corrected chi connectivity index (χ2v) is 2.46. The molecule has 0 fully saturated rings. The average molecular weight is 175 g/mol. The molecular weight excluding hydrogens is 170 g/mol. The van der Waals surface area contributed by atoms with Crippen LogP contribution >= 0.6 is 0 Å². The van der Waals surface area contributed by atoms with Gasteiger partial charge in [0.05, 0.1) is 10.3 Å². The number of hydrogen-bond donors (Lipinski definition) is 0. The summed E-state index contributed by atoms with van der Waals surface area (Å²) in [5, 5.41) is 11.0. The smallest absolute Gasteiger partial charge is 0.258 e. The highest BCUT2D eigenvalue weighted by molar-refractivity contribution is 5.84. The van der Waals surface area contributed by atoms with E-state index in [1.165, 1.54) is 12.3 Å². The molecule has 2 heterocycles. The van der Waals surface area contributed by atoms with Gasteiger partial charge in [0, 0.05) is 18.5 Å². The molecule has 0 aromatic carbocycles. The lowest BCUT2D eigenvalue weighted by Gasteiger charge is -1.95. The van der Waals surface area contributed by atoms with Gasteiger partial charge < -0.3 is 0 Å². The molecule has 0 atom stereocenters. The molecule has 0 saturated carbocycles. The molecule has 2 aromatic rings. The first-order valence-electron chi connectivity index (χ1n) is 3.63. The molecule has 2 rings (SSSR count). The summed E-state index contributed by atoms with van der Waals surface area (Å²) in [6.45, 7) is 0. The van der Waals surface area contributed by atoms with E-state index < -0.39 is 4.92 Å². The van der Waals surface area contributed by atoms with Crippen molar-refractivity contribution in [3.8, 4) is 0 Å². The second kappa shape index (κ2) is 2.78. The fraction of sp³-hybridized carbons (Fsp3) is 0. The van der Waals surface area contributed by atoms with E-state index in [4.69, 9.17) is 0 Å². The summed E-state index contributed by atoms with van der Waals surface area (Å²) >= 11 is 0. The summed E-state index contributed by atoms with van der Waals surface area (Å²) in [5.41, 5.74) is 0.440. The zero-order valence-electron chi connectivity index (χ0n) is 6.54. The predicted octanol–water partition coefficient (Wildman–Crippen LogP) is 1.54. The molecule has 0 bridgehead atoms. The van der Waals surface area contributed by atoms with E-state index in [9.17, 15) is 10.1 Å². The minimum atomic E-state index is -0.439. The van der Waals surface area contributed by atoms with Crippen molar-refractivity contribution in [1.29, 1.82) is 0 Å². The minimum absolute atomic E-state index is 0.0399. The number of nitro groups is 1. The van der Waals surface area contributed by atoms with E-state index in [-0.39, 0.29) is 5.69 Å². The van der Waals surface area contributed by atoms with Crippen LogP contribution in [0.3, 0.4) is 0 Å². The van der Waals surface area contributed by atoms with Gasteiger partial charge in [0.2, 0.25) is 0 Å². The van der Waals surface area contributed by atoms with Crippen LogP contribution in [-0.2, 0) is 0 Å². The first-order valence-corrected chi connectivity index (χ1v) is 3.63. The maximum atomic E-state index is 10.6. The van der Waals surface area contributed by atoms with Gasteiger partial charge in [0.25, 0.3) is 5.69 Å². The molecule has 5 heteroatoms. The monoisotopic (exact) mass is 175 g/mol. The van der Waals surface area contributed by atoms with Crippen LogP contribution in [-0.4, -0.2) is 14.9 Å². The van der Waals surface area contributed by atoms with E-state index in [0.717, 1.165) is 0 Å². The molecule has 0 spiro atoms. The van der Waals surface area contributed by atoms with E-state index in [0.29, 0.717) is 11.0 Å². The highest BCUT2D eigenvalue weighted by Crippen LogP contribution is 2.20. The summed E-state index contributed by atoms with van der Waals surface area (Å²) in [6.07, 6.45) is 2.94. The Morgan fingerprint density at radius 2 is 2.00 bits per heavy atom. The van der Waals surface area contributed by atoms with Crippen LogP contribution in [0.4, 0.5) is 5.69 Å². The van der Waals surface area contributed by atoms with Gasteiger partial charge in [0.1, 0.15) is 0 Å². The number of fused-ring (bicyclic) bond motifs is 1. The normalized spacial score (nSPS) is 10.2. The summed E-state index contributed by atoms with van der Waals surface area (Å²) in [6, 6.07) is 4.65. The fourth-order valence-electron chi connectivity index (χ4n) is 1.13. The molecule has 0 amide bonds. The molecule has 0 radical (unpaired) electrons. The molecule has 5 nitrogen and oxygen atoms in total. The third kappa shape index (κ3) is 1.20. The van der Waals surface area contributed by atoms with E-state index in [1.54, 1.807) is 18.3 Å². The van der Waals surface area contributed by atoms with Gasteiger partial charge in [-0.2, -0.15) is 0 Å². The van der Waals surface area contributed by atoms with Crippen molar-refractivity contribution in [3.05, 3.63) is 40.7 Å². The summed E-state index contributed by atoms with van der Waals surface area (Å²) in [4.78, 5) is 17.9. The van der Waals surface area contributed by atoms with Crippen LogP contribution in [0.1, 0.15) is 0 Å². The maximum Gasteiger partial charge on any atom is 0.281 e. The van der Waals surface area contributed by atoms with Crippen LogP contribution in [0.25, 0.3) is 11.0 Å². The Morgan fingerprint density at radius 1 is 1.23 bits per heavy atom. The van der Waals surface area contributed by atoms with Crippen molar-refractivity contribution in [2.75, 3.05) is 0 Å². The zero-order chi connectivity index (χ0) is 9.26. The van der Waals surface area contributed by atoms with Crippen molar-refractivity contribution in [3.63, 3.8) is 0 Å². The van der Waals surface area contributed by atoms with Gasteiger partial charge in [-0.3, -0.25) is 10.1 Å². The van der Waals surface area contributed by atoms with Crippen molar-refractivity contribution in [2.45, 2.75) is 0 Å². The number of hydrogen-bond acceptors (Lipinski definition) is 4. The molecule has 0 aliphatic heterocycles. The largest absolute Gasteiger partial charge is 0.281 e. The predicted molar refractivity (Wildman–Crippen MR) is 46.2 cm³/mol. The standard InChI is InChI=1S/C8H5N3O2/c12-11(13)7-3-5-10-8-6(7)2-1-4-9-8/h1-5H. The molecule has 64 valence electrons. The molecule has 0 aliphatic rings. The maximum absolute atomic E-state index is 10.6. The molecule has 0 N–H and O–H groups in total. The Balaban J connectivity index is 2.83. The van der Waals surface area contributed by atoms with E-state index in [2.05, 4.69) is 9.97 Å². The topological polar surface area (TPSA) is 68.9 Å². The van der Waals surface area contributed by atoms with Crippen LogP contribution in [0, 0.1) is 10.1 Å². The summed E-state index contributed by atoms with van der Waals surface area (Å²) < 4.78 is 0. The molecule has 2 aromatic heterocycles. The summed E-state index contributed by atoms with van der Waals surface area (Å²) in [7, 11) is 0. The van der Waals surface area contributed by atoms with Crippen molar-refractivity contribution >= 4 is 16.7 Å². The molecule has 0 aliphatic carbocycles. The molecule has 0 unspecified atom stereocenters. The quantitative estimate of drug-likeness (QED) is 0.487. The highest BCUT2D eigenvalue weighted by Gasteiger charge is 2.10. The van der Waals surface area contributed by atoms with E-state index in [1.807, 2.05) is 0 Å². The fourth-order valence-corrected chi connectivity index (χ4v) is 1.13. The van der Waals surface area contributed by atoms with Gasteiger partial charge in [-0.05, 0) is 12.1 Å². The Bertz CT molecular complexity index is 464. The first kappa shape index (κ1) is 7.60. The SMILES string of the molecule is O=[N+]([O-])c1ccnc2ncccc12. The van der Waals surface area contributed by atoms with Crippen molar-refractivity contribution in [1.82, 2.24) is 9.97 Å². The van der Waals surface area contributed by atoms with Gasteiger partial charge in [0.15, 0.2) is 5.65 Å². The molecular formula is C8H5N3O2. The lowest BCUT2D eigenvalue weighted by atomic mass is 10.2. The van der Waals surface area contributed by atoms with Gasteiger partial charge in [-0.25, -0.2) is 9.97 Å². The number of pyridine rings is 2. The van der Waals surface area contributed by atoms with E-state index >= 15 is 0 Å². The Hall–Kier alpha value is -2.04. The molecule has 13 heavy (non-hydrogen) atoms. The average Bonchev–Trinajstić information content (AvgIpc) is 2.17. The third-order valence-electron chi connectivity index (χ3n) is 1.69. The Kier molecular flexibility index (Phi) is 1.63. The number of nitrogens with zero attached hydrogens (tertiary/aromatic N) is 3. The van der Waals surface area contributed by atoms with Crippen LogP contribution < -0.4 is 0 Å². The van der Waals surface area contributed by atoms with Crippen LogP contribution in [0.2, 0.25) is 0 Å². The lowest BCUT2D eigenvalue weighted by molar-refractivity contribution is -0.383. The minimum Gasteiger partial charge on any atom is -0.258 e. The van der Waals surface area contributed by atoms with Crippen LogP contribution in [0.5, 0.6) is 0 Å². The van der Waals surface area contributed by atoms with Crippen LogP contribution in [0.15, 0.2) is 30.6 Å². The Morgan fingerprint density at radius 3 is 2.77 bits per heavy atom. The van der Waals surface area contributed by atoms with Gasteiger partial charge in [-0.1, -0.05) is 0 Å². The third-order valence-corrected chi connectivity index (χ3v) is 1.69. The Labute approximate surface area is 73.2 Å². The van der Waals surface area contributed by atoms with Gasteiger partial charge >= 0.3 is 0 Å². The first-order chi connectivity index (χ1) is 6.29. The lowest BCUT2D eigenvalue weighted by Crippen LogP contribution is -1.91. The zero-order valence-corrected chi connectivity index (χ0v) is 6.54. The highest BCUT2D eigenvalue weighted by atomic mass is 16.6. The second-order valence-electron chi connectivity index (χ2n) is 2.46. The van der Waals surface area contributed by atoms with Crippen molar-refractivity contribution in [2.24, 2.45) is 0 Å². The van der Waals surface area contributed by atoms with Gasteiger partial charge in [-0.15, -0.1) is 0 Å². The summed E-state index contributed by atoms with van der Waals surface area (Å²) in [5.74, 6) is 0. The molecule has 0 saturated heterocycles.